The highest BCUT2D eigenvalue weighted by molar-refractivity contribution is 5.97. The molecule has 0 aliphatic carbocycles. The Morgan fingerprint density at radius 3 is 1.84 bits per heavy atom. The van der Waals surface area contributed by atoms with E-state index in [1.54, 1.807) is 12.1 Å². The first-order valence-electron chi connectivity index (χ1n) is 11.1. The molecule has 32 heavy (non-hydrogen) atoms. The van der Waals surface area contributed by atoms with Crippen LogP contribution in [0.3, 0.4) is 0 Å². The summed E-state index contributed by atoms with van der Waals surface area (Å²) in [6.45, 7) is 3.87. The predicted octanol–water partition coefficient (Wildman–Crippen LogP) is 3.37. The molecule has 5 heteroatoms. The van der Waals surface area contributed by atoms with E-state index in [2.05, 4.69) is 34.5 Å². The fraction of sp³-hybridized carbons (Fsp3) is 0.259. The van der Waals surface area contributed by atoms with Gasteiger partial charge >= 0.3 is 0 Å². The third-order valence-corrected chi connectivity index (χ3v) is 5.86. The Bertz CT molecular complexity index is 1000. The highest BCUT2D eigenvalue weighted by Crippen LogP contribution is 2.12. The molecular formula is C27H29N3O2. The van der Waals surface area contributed by atoms with Gasteiger partial charge in [-0.1, -0.05) is 78.9 Å². The molecule has 0 radical (unpaired) electrons. The lowest BCUT2D eigenvalue weighted by molar-refractivity contribution is -0.135. The molecular weight excluding hydrogens is 398 g/mol. The molecule has 164 valence electrons. The molecule has 1 aliphatic heterocycles. The van der Waals surface area contributed by atoms with Gasteiger partial charge in [0.1, 0.15) is 6.04 Å². The van der Waals surface area contributed by atoms with E-state index in [-0.39, 0.29) is 11.8 Å². The molecule has 0 saturated carbocycles. The second kappa shape index (κ2) is 10.7. The number of rotatable bonds is 7. The normalized spacial score (nSPS) is 15.2. The maximum atomic E-state index is 13.4. The maximum Gasteiger partial charge on any atom is 0.251 e. The number of carbonyl (C=O) groups excluding carboxylic acids is 2. The van der Waals surface area contributed by atoms with E-state index >= 15 is 0 Å². The minimum absolute atomic E-state index is 0.0162. The number of benzene rings is 3. The Hall–Kier alpha value is -3.44. The van der Waals surface area contributed by atoms with E-state index in [1.807, 2.05) is 59.5 Å². The molecule has 1 atom stereocenters. The van der Waals surface area contributed by atoms with Crippen LogP contribution in [-0.4, -0.2) is 53.8 Å². The average Bonchev–Trinajstić information content (AvgIpc) is 2.85. The van der Waals surface area contributed by atoms with E-state index in [0.29, 0.717) is 25.1 Å². The summed E-state index contributed by atoms with van der Waals surface area (Å²) in [5.74, 6) is -0.236. The van der Waals surface area contributed by atoms with Crippen molar-refractivity contribution in [3.05, 3.63) is 108 Å². The highest BCUT2D eigenvalue weighted by Gasteiger charge is 2.29. The van der Waals surface area contributed by atoms with Crippen molar-refractivity contribution in [2.75, 3.05) is 26.2 Å². The lowest BCUT2D eigenvalue weighted by Gasteiger charge is -2.36. The summed E-state index contributed by atoms with van der Waals surface area (Å²) in [5.41, 5.74) is 2.87. The largest absolute Gasteiger partial charge is 0.340 e. The monoisotopic (exact) mass is 427 g/mol. The van der Waals surface area contributed by atoms with Crippen LogP contribution in [0, 0.1) is 0 Å². The van der Waals surface area contributed by atoms with Gasteiger partial charge < -0.3 is 10.2 Å². The third-order valence-electron chi connectivity index (χ3n) is 5.86. The number of hydrogen-bond acceptors (Lipinski definition) is 3. The molecule has 3 aromatic rings. The fourth-order valence-electron chi connectivity index (χ4n) is 4.07. The van der Waals surface area contributed by atoms with Crippen LogP contribution in [0.2, 0.25) is 0 Å². The second-order valence-corrected chi connectivity index (χ2v) is 8.17. The molecule has 4 rings (SSSR count). The van der Waals surface area contributed by atoms with Crippen LogP contribution >= 0.6 is 0 Å². The Morgan fingerprint density at radius 2 is 1.25 bits per heavy atom. The van der Waals surface area contributed by atoms with Crippen molar-refractivity contribution in [2.45, 2.75) is 19.0 Å². The minimum Gasteiger partial charge on any atom is -0.340 e. The Kier molecular flexibility index (Phi) is 7.31. The predicted molar refractivity (Wildman–Crippen MR) is 126 cm³/mol. The van der Waals surface area contributed by atoms with Crippen LogP contribution < -0.4 is 5.32 Å². The van der Waals surface area contributed by atoms with Gasteiger partial charge in [0.2, 0.25) is 5.91 Å². The molecule has 5 nitrogen and oxygen atoms in total. The van der Waals surface area contributed by atoms with Crippen LogP contribution in [0.5, 0.6) is 0 Å². The number of nitrogens with zero attached hydrogens (tertiary/aromatic N) is 2. The number of carbonyl (C=O) groups is 2. The Labute approximate surface area is 189 Å². The van der Waals surface area contributed by atoms with Crippen molar-refractivity contribution in [2.24, 2.45) is 0 Å². The van der Waals surface area contributed by atoms with Crippen molar-refractivity contribution in [3.63, 3.8) is 0 Å². The zero-order chi connectivity index (χ0) is 22.2. The van der Waals surface area contributed by atoms with Crippen LogP contribution in [0.25, 0.3) is 0 Å². The zero-order valence-corrected chi connectivity index (χ0v) is 18.2. The van der Waals surface area contributed by atoms with Crippen LogP contribution in [0.4, 0.5) is 0 Å². The van der Waals surface area contributed by atoms with Crippen LogP contribution in [0.1, 0.15) is 21.5 Å². The molecule has 2 amide bonds. The standard InChI is InChI=1S/C27H29N3O2/c31-26(24-14-8-3-9-15-24)28-25(20-22-10-4-1-5-11-22)27(32)30-18-16-29(17-19-30)21-23-12-6-2-7-13-23/h1-15,25H,16-21H2,(H,28,31). The summed E-state index contributed by atoms with van der Waals surface area (Å²) >= 11 is 0. The van der Waals surface area contributed by atoms with E-state index in [0.717, 1.165) is 25.2 Å². The molecule has 1 unspecified atom stereocenters. The van der Waals surface area contributed by atoms with E-state index in [9.17, 15) is 9.59 Å². The molecule has 1 aliphatic rings. The van der Waals surface area contributed by atoms with Gasteiger partial charge in [0.25, 0.3) is 5.91 Å². The SMILES string of the molecule is O=C(NC(Cc1ccccc1)C(=O)N1CCN(Cc2ccccc2)CC1)c1ccccc1. The molecule has 1 fully saturated rings. The van der Waals surface area contributed by atoms with Crippen molar-refractivity contribution in [1.82, 2.24) is 15.1 Å². The molecule has 1 N–H and O–H groups in total. The highest BCUT2D eigenvalue weighted by atomic mass is 16.2. The smallest absolute Gasteiger partial charge is 0.251 e. The topological polar surface area (TPSA) is 52.7 Å². The molecule has 0 bridgehead atoms. The maximum absolute atomic E-state index is 13.4. The Morgan fingerprint density at radius 1 is 0.719 bits per heavy atom. The quantitative estimate of drug-likeness (QED) is 0.629. The van der Waals surface area contributed by atoms with Gasteiger partial charge in [0.15, 0.2) is 0 Å². The van der Waals surface area contributed by atoms with Gasteiger partial charge in [-0.25, -0.2) is 0 Å². The molecule has 1 heterocycles. The van der Waals surface area contributed by atoms with Crippen LogP contribution in [0.15, 0.2) is 91.0 Å². The van der Waals surface area contributed by atoms with Gasteiger partial charge in [-0.3, -0.25) is 14.5 Å². The van der Waals surface area contributed by atoms with E-state index in [4.69, 9.17) is 0 Å². The van der Waals surface area contributed by atoms with Crippen molar-refractivity contribution in [1.29, 1.82) is 0 Å². The average molecular weight is 428 g/mol. The van der Waals surface area contributed by atoms with Gasteiger partial charge in [0, 0.05) is 44.7 Å². The number of piperazine rings is 1. The summed E-state index contributed by atoms with van der Waals surface area (Å²) in [4.78, 5) is 30.5. The van der Waals surface area contributed by atoms with Gasteiger partial charge in [-0.05, 0) is 23.3 Å². The summed E-state index contributed by atoms with van der Waals surface area (Å²) in [6.07, 6.45) is 0.475. The summed E-state index contributed by atoms with van der Waals surface area (Å²) in [6, 6.07) is 28.7. The lowest BCUT2D eigenvalue weighted by atomic mass is 10.0. The van der Waals surface area contributed by atoms with E-state index < -0.39 is 6.04 Å². The molecule has 0 spiro atoms. The van der Waals surface area contributed by atoms with Gasteiger partial charge in [-0.15, -0.1) is 0 Å². The molecule has 3 aromatic carbocycles. The minimum atomic E-state index is -0.592. The number of amides is 2. The van der Waals surface area contributed by atoms with E-state index in [1.165, 1.54) is 5.56 Å². The number of hydrogen-bond donors (Lipinski definition) is 1. The Balaban J connectivity index is 1.41. The van der Waals surface area contributed by atoms with Crippen molar-refractivity contribution in [3.8, 4) is 0 Å². The van der Waals surface area contributed by atoms with Gasteiger partial charge in [-0.2, -0.15) is 0 Å². The van der Waals surface area contributed by atoms with Gasteiger partial charge in [0.05, 0.1) is 0 Å². The first-order chi connectivity index (χ1) is 15.7. The number of nitrogens with one attached hydrogen (secondary N) is 1. The summed E-state index contributed by atoms with van der Waals surface area (Å²) in [5, 5.41) is 2.99. The van der Waals surface area contributed by atoms with Crippen molar-refractivity contribution < 1.29 is 9.59 Å². The zero-order valence-electron chi connectivity index (χ0n) is 18.2. The molecule has 0 aromatic heterocycles. The molecule has 1 saturated heterocycles. The lowest BCUT2D eigenvalue weighted by Crippen LogP contribution is -2.55. The first kappa shape index (κ1) is 21.8. The summed E-state index contributed by atoms with van der Waals surface area (Å²) < 4.78 is 0. The van der Waals surface area contributed by atoms with Crippen LogP contribution in [-0.2, 0) is 17.8 Å². The summed E-state index contributed by atoms with van der Waals surface area (Å²) in [7, 11) is 0. The first-order valence-corrected chi connectivity index (χ1v) is 11.1. The fourth-order valence-corrected chi connectivity index (χ4v) is 4.07. The van der Waals surface area contributed by atoms with Crippen molar-refractivity contribution >= 4 is 11.8 Å². The second-order valence-electron chi connectivity index (χ2n) is 8.17. The third kappa shape index (κ3) is 5.83.